The van der Waals surface area contributed by atoms with Crippen LogP contribution in [0.1, 0.15) is 5.56 Å². The lowest BCUT2D eigenvalue weighted by Crippen LogP contribution is -2.01. The highest BCUT2D eigenvalue weighted by Crippen LogP contribution is 2.49. The standard InChI is InChI=1S/C70H42N4/c71-43-51-37-36-48(41-65(51)58-26-10-12-28-60(58)66-42-50-18-4-5-21-52(50)55-23-7-11-27-59(55)66)47-19-14-20-49(40-47)53-22-6-13-29-64(53)70-73-68(45-16-2-1-3-17-45)72-69(74-70)46-34-32-44(33-35-46)54-38-39-63-57-25-9-8-24-56(57)62-31-15-30-61(54)67(62)63/h1-42H. The summed E-state index contributed by atoms with van der Waals surface area (Å²) < 4.78 is 0. The molecule has 0 unspecified atom stereocenters. The Morgan fingerprint density at radius 3 is 1.46 bits per heavy atom. The predicted molar refractivity (Wildman–Crippen MR) is 305 cm³/mol. The third-order valence-corrected chi connectivity index (χ3v) is 14.8. The molecule has 0 atom stereocenters. The number of aromatic nitrogens is 3. The quantitative estimate of drug-likeness (QED) is 0.142. The van der Waals surface area contributed by atoms with Crippen molar-refractivity contribution in [2.75, 3.05) is 0 Å². The zero-order chi connectivity index (χ0) is 49.1. The van der Waals surface area contributed by atoms with E-state index in [9.17, 15) is 5.26 Å². The zero-order valence-corrected chi connectivity index (χ0v) is 40.0. The maximum atomic E-state index is 10.6. The molecule has 1 heterocycles. The lowest BCUT2D eigenvalue weighted by atomic mass is 9.86. The Bertz CT molecular complexity index is 4400. The molecule has 1 aliphatic carbocycles. The number of rotatable bonds is 8. The van der Waals surface area contributed by atoms with E-state index in [1.165, 1.54) is 60.1 Å². The van der Waals surface area contributed by atoms with Crippen molar-refractivity contribution in [3.05, 3.63) is 260 Å². The first-order chi connectivity index (χ1) is 36.6. The first-order valence-corrected chi connectivity index (χ1v) is 25.0. The molecular weight excluding hydrogens is 897 g/mol. The van der Waals surface area contributed by atoms with Gasteiger partial charge in [-0.25, -0.2) is 15.0 Å². The van der Waals surface area contributed by atoms with Crippen molar-refractivity contribution in [1.29, 1.82) is 5.26 Å². The van der Waals surface area contributed by atoms with Crippen molar-refractivity contribution >= 4 is 32.3 Å². The summed E-state index contributed by atoms with van der Waals surface area (Å²) in [6, 6.07) is 92.2. The van der Waals surface area contributed by atoms with Crippen LogP contribution in [0.25, 0.3) is 144 Å². The average molecular weight is 939 g/mol. The summed E-state index contributed by atoms with van der Waals surface area (Å²) in [6.07, 6.45) is 0. The van der Waals surface area contributed by atoms with E-state index < -0.39 is 0 Å². The highest BCUT2D eigenvalue weighted by molar-refractivity contribution is 6.19. The summed E-state index contributed by atoms with van der Waals surface area (Å²) in [5, 5.41) is 17.9. The lowest BCUT2D eigenvalue weighted by molar-refractivity contribution is 1.07. The second-order valence-corrected chi connectivity index (χ2v) is 18.9. The van der Waals surface area contributed by atoms with Gasteiger partial charge in [-0.05, 0) is 129 Å². The third kappa shape index (κ3) is 7.18. The van der Waals surface area contributed by atoms with Crippen LogP contribution in [-0.4, -0.2) is 15.0 Å². The molecule has 14 rings (SSSR count). The second-order valence-electron chi connectivity index (χ2n) is 18.9. The Morgan fingerprint density at radius 2 is 0.716 bits per heavy atom. The molecule has 0 aliphatic heterocycles. The Morgan fingerprint density at radius 1 is 0.243 bits per heavy atom. The highest BCUT2D eigenvalue weighted by Gasteiger charge is 2.23. The van der Waals surface area contributed by atoms with Crippen LogP contribution in [-0.2, 0) is 0 Å². The van der Waals surface area contributed by atoms with Gasteiger partial charge in [0.1, 0.15) is 0 Å². The molecule has 4 nitrogen and oxygen atoms in total. The maximum Gasteiger partial charge on any atom is 0.164 e. The number of hydrogen-bond donors (Lipinski definition) is 0. The summed E-state index contributed by atoms with van der Waals surface area (Å²) in [4.78, 5) is 15.6. The molecule has 74 heavy (non-hydrogen) atoms. The van der Waals surface area contributed by atoms with Crippen LogP contribution in [0.4, 0.5) is 0 Å². The van der Waals surface area contributed by atoms with Gasteiger partial charge in [0.15, 0.2) is 17.5 Å². The predicted octanol–water partition coefficient (Wildman–Crippen LogP) is 18.2. The largest absolute Gasteiger partial charge is 0.208 e. The molecule has 0 radical (unpaired) electrons. The molecule has 0 amide bonds. The topological polar surface area (TPSA) is 62.5 Å². The summed E-state index contributed by atoms with van der Waals surface area (Å²) in [5.41, 5.74) is 19.0. The van der Waals surface area contributed by atoms with Gasteiger partial charge in [0.05, 0.1) is 11.6 Å². The van der Waals surface area contributed by atoms with Gasteiger partial charge < -0.3 is 0 Å². The first-order valence-electron chi connectivity index (χ1n) is 25.0. The fourth-order valence-corrected chi connectivity index (χ4v) is 11.3. The van der Waals surface area contributed by atoms with Gasteiger partial charge in [0, 0.05) is 22.3 Å². The van der Waals surface area contributed by atoms with E-state index in [4.69, 9.17) is 15.0 Å². The van der Waals surface area contributed by atoms with Gasteiger partial charge in [-0.2, -0.15) is 5.26 Å². The van der Waals surface area contributed by atoms with Crippen LogP contribution >= 0.6 is 0 Å². The summed E-state index contributed by atoms with van der Waals surface area (Å²) in [6.45, 7) is 0. The van der Waals surface area contributed by atoms with Crippen LogP contribution in [0.15, 0.2) is 255 Å². The van der Waals surface area contributed by atoms with E-state index in [0.717, 1.165) is 66.8 Å². The summed E-state index contributed by atoms with van der Waals surface area (Å²) >= 11 is 0. The molecule has 1 aliphatic rings. The molecule has 4 heteroatoms. The Labute approximate surface area is 428 Å². The molecule has 0 saturated carbocycles. The van der Waals surface area contributed by atoms with Crippen molar-refractivity contribution < 1.29 is 0 Å². The Balaban J connectivity index is 0.843. The van der Waals surface area contributed by atoms with Crippen LogP contribution in [0.5, 0.6) is 0 Å². The molecule has 0 N–H and O–H groups in total. The monoisotopic (exact) mass is 938 g/mol. The Kier molecular flexibility index (Phi) is 10.2. The van der Waals surface area contributed by atoms with Crippen molar-refractivity contribution in [2.24, 2.45) is 0 Å². The highest BCUT2D eigenvalue weighted by atomic mass is 15.0. The van der Waals surface area contributed by atoms with E-state index in [1.807, 2.05) is 42.5 Å². The fraction of sp³-hybridized carbons (Fsp3) is 0. The van der Waals surface area contributed by atoms with E-state index in [-0.39, 0.29) is 0 Å². The van der Waals surface area contributed by atoms with Gasteiger partial charge in [0.2, 0.25) is 0 Å². The molecular formula is C70H42N4. The van der Waals surface area contributed by atoms with E-state index in [1.54, 1.807) is 0 Å². The molecule has 13 aromatic rings. The van der Waals surface area contributed by atoms with Crippen molar-refractivity contribution in [3.63, 3.8) is 0 Å². The molecule has 0 saturated heterocycles. The fourth-order valence-electron chi connectivity index (χ4n) is 11.3. The number of benzene rings is 12. The lowest BCUT2D eigenvalue weighted by Gasteiger charge is -2.17. The van der Waals surface area contributed by atoms with Crippen molar-refractivity contribution in [1.82, 2.24) is 15.0 Å². The Hall–Kier alpha value is -10.1. The van der Waals surface area contributed by atoms with Gasteiger partial charge in [-0.15, -0.1) is 0 Å². The van der Waals surface area contributed by atoms with Gasteiger partial charge in [-0.3, -0.25) is 0 Å². The molecule has 0 spiro atoms. The SMILES string of the molecule is N#Cc1ccc(-c2cccc(-c3ccccc3-c3nc(-c4ccccc4)nc(-c4ccc(-c5ccc6c7c(cccc57)-c5ccccc5-6)cc4)n3)c2)cc1-c1ccccc1-c1cc2ccccc2c2ccccc12. The molecule has 0 fully saturated rings. The van der Waals surface area contributed by atoms with Crippen LogP contribution < -0.4 is 0 Å². The van der Waals surface area contributed by atoms with Gasteiger partial charge in [0.25, 0.3) is 0 Å². The number of hydrogen-bond acceptors (Lipinski definition) is 4. The van der Waals surface area contributed by atoms with Crippen molar-refractivity contribution in [3.8, 4) is 118 Å². The van der Waals surface area contributed by atoms with E-state index in [0.29, 0.717) is 23.0 Å². The number of nitriles is 1. The summed E-state index contributed by atoms with van der Waals surface area (Å²) in [7, 11) is 0. The molecule has 342 valence electrons. The third-order valence-electron chi connectivity index (χ3n) is 14.8. The van der Waals surface area contributed by atoms with Gasteiger partial charge >= 0.3 is 0 Å². The smallest absolute Gasteiger partial charge is 0.164 e. The second kappa shape index (κ2) is 17.6. The minimum absolute atomic E-state index is 0.587. The van der Waals surface area contributed by atoms with Gasteiger partial charge in [-0.1, -0.05) is 231 Å². The average Bonchev–Trinajstić information content (AvgIpc) is 3.82. The minimum atomic E-state index is 0.587. The van der Waals surface area contributed by atoms with Crippen molar-refractivity contribution in [2.45, 2.75) is 0 Å². The molecule has 12 aromatic carbocycles. The number of fused-ring (bicyclic) bond motifs is 6. The minimum Gasteiger partial charge on any atom is -0.208 e. The van der Waals surface area contributed by atoms with Crippen LogP contribution in [0, 0.1) is 11.3 Å². The van der Waals surface area contributed by atoms with E-state index >= 15 is 0 Å². The maximum absolute atomic E-state index is 10.6. The van der Waals surface area contributed by atoms with Crippen LogP contribution in [0.2, 0.25) is 0 Å². The normalized spacial score (nSPS) is 11.5. The molecule has 0 bridgehead atoms. The zero-order valence-electron chi connectivity index (χ0n) is 40.0. The van der Waals surface area contributed by atoms with E-state index in [2.05, 4.69) is 218 Å². The summed E-state index contributed by atoms with van der Waals surface area (Å²) in [5.74, 6) is 1.79. The number of nitrogens with zero attached hydrogens (tertiary/aromatic N) is 4. The first kappa shape index (κ1) is 42.8. The van der Waals surface area contributed by atoms with Crippen LogP contribution in [0.3, 0.4) is 0 Å². The molecule has 1 aromatic heterocycles.